The van der Waals surface area contributed by atoms with Gasteiger partial charge in [0.25, 0.3) is 0 Å². The van der Waals surface area contributed by atoms with Gasteiger partial charge in [-0.3, -0.25) is 14.8 Å². The number of likely N-dealkylation sites (tertiary alicyclic amines) is 2. The molecule has 0 amide bonds. The lowest BCUT2D eigenvalue weighted by Gasteiger charge is -2.19. The molecule has 2 atom stereocenters. The molecular formula is C27H29N5. The molecule has 3 aliphatic heterocycles. The van der Waals surface area contributed by atoms with Crippen LogP contribution in [0.2, 0.25) is 0 Å². The van der Waals surface area contributed by atoms with Crippen molar-refractivity contribution in [3.8, 4) is 34.9 Å². The molecule has 2 aromatic rings. The van der Waals surface area contributed by atoms with E-state index >= 15 is 0 Å². The second-order valence-corrected chi connectivity index (χ2v) is 8.99. The minimum Gasteiger partial charge on any atom is -0.341 e. The van der Waals surface area contributed by atoms with Crippen molar-refractivity contribution in [3.63, 3.8) is 0 Å². The molecule has 3 aliphatic rings. The zero-order chi connectivity index (χ0) is 21.9. The van der Waals surface area contributed by atoms with E-state index in [4.69, 9.17) is 0 Å². The predicted octanol–water partition coefficient (Wildman–Crippen LogP) is 4.02. The number of allylic oxidation sites excluding steroid dienone is 1. The number of nitrogens with one attached hydrogen (secondary N) is 1. The number of hydrogen-bond donors (Lipinski definition) is 1. The molecule has 5 nitrogen and oxygen atoms in total. The molecule has 2 fully saturated rings. The van der Waals surface area contributed by atoms with Crippen LogP contribution in [0.1, 0.15) is 49.5 Å². The molecule has 1 N–H and O–H groups in total. The number of imidazole rings is 1. The van der Waals surface area contributed by atoms with Gasteiger partial charge in [-0.15, -0.1) is 0 Å². The molecule has 162 valence electrons. The summed E-state index contributed by atoms with van der Waals surface area (Å²) in [5.74, 6) is 13.4. The third kappa shape index (κ3) is 4.41. The number of benzene rings is 1. The number of aromatic nitrogens is 2. The Morgan fingerprint density at radius 1 is 0.938 bits per heavy atom. The molecule has 1 aromatic carbocycles. The highest BCUT2D eigenvalue weighted by Gasteiger charge is 2.27. The second kappa shape index (κ2) is 9.17. The Kier molecular flexibility index (Phi) is 5.95. The van der Waals surface area contributed by atoms with Crippen molar-refractivity contribution >= 4 is 5.71 Å². The molecule has 0 unspecified atom stereocenters. The van der Waals surface area contributed by atoms with E-state index in [1.807, 2.05) is 24.5 Å². The maximum Gasteiger partial charge on any atom is 0.123 e. The third-order valence-electron chi connectivity index (χ3n) is 6.78. The molecule has 2 saturated heterocycles. The summed E-state index contributed by atoms with van der Waals surface area (Å²) in [6.07, 6.45) is 9.57. The molecule has 0 bridgehead atoms. The Balaban J connectivity index is 1.18. The summed E-state index contributed by atoms with van der Waals surface area (Å²) in [6.45, 7) is 2.30. The van der Waals surface area contributed by atoms with Gasteiger partial charge < -0.3 is 4.98 Å². The van der Waals surface area contributed by atoms with Crippen molar-refractivity contribution in [2.75, 3.05) is 27.2 Å². The Bertz CT molecular complexity index is 1160. The number of H-pyrrole nitrogens is 1. The van der Waals surface area contributed by atoms with Gasteiger partial charge >= 0.3 is 0 Å². The fourth-order valence-electron chi connectivity index (χ4n) is 4.92. The summed E-state index contributed by atoms with van der Waals surface area (Å²) in [6, 6.07) is 9.15. The highest BCUT2D eigenvalue weighted by atomic mass is 15.2. The summed E-state index contributed by atoms with van der Waals surface area (Å²) in [5, 5.41) is 0. The van der Waals surface area contributed by atoms with Crippen molar-refractivity contribution in [3.05, 3.63) is 53.6 Å². The largest absolute Gasteiger partial charge is 0.341 e. The Morgan fingerprint density at radius 2 is 1.66 bits per heavy atom. The molecule has 4 heterocycles. The monoisotopic (exact) mass is 423 g/mol. The van der Waals surface area contributed by atoms with Crippen LogP contribution < -0.4 is 0 Å². The van der Waals surface area contributed by atoms with Gasteiger partial charge in [-0.2, -0.15) is 0 Å². The van der Waals surface area contributed by atoms with E-state index in [0.717, 1.165) is 47.7 Å². The summed E-state index contributed by atoms with van der Waals surface area (Å²) in [7, 11) is 4.35. The molecule has 0 spiro atoms. The van der Waals surface area contributed by atoms with E-state index < -0.39 is 0 Å². The lowest BCUT2D eigenvalue weighted by Crippen LogP contribution is -2.32. The van der Waals surface area contributed by atoms with Gasteiger partial charge in [-0.1, -0.05) is 24.0 Å². The van der Waals surface area contributed by atoms with Crippen LogP contribution in [0.25, 0.3) is 11.3 Å². The van der Waals surface area contributed by atoms with Crippen LogP contribution in [-0.2, 0) is 0 Å². The maximum absolute atomic E-state index is 4.62. The summed E-state index contributed by atoms with van der Waals surface area (Å²) >= 11 is 0. The van der Waals surface area contributed by atoms with Gasteiger partial charge in [0.15, 0.2) is 0 Å². The molecule has 5 heteroatoms. The summed E-state index contributed by atoms with van der Waals surface area (Å²) < 4.78 is 0. The van der Waals surface area contributed by atoms with E-state index in [0.29, 0.717) is 12.1 Å². The Morgan fingerprint density at radius 3 is 2.38 bits per heavy atom. The maximum atomic E-state index is 4.62. The minimum atomic E-state index is 0.406. The summed E-state index contributed by atoms with van der Waals surface area (Å²) in [4.78, 5) is 17.5. The fraction of sp³-hybridized carbons (Fsp3) is 0.407. The molecule has 0 aliphatic carbocycles. The predicted molar refractivity (Wildman–Crippen MR) is 129 cm³/mol. The zero-order valence-corrected chi connectivity index (χ0v) is 18.9. The van der Waals surface area contributed by atoms with Gasteiger partial charge in [0, 0.05) is 35.5 Å². The van der Waals surface area contributed by atoms with Crippen LogP contribution in [0, 0.1) is 23.7 Å². The average molecular weight is 424 g/mol. The number of aromatic amines is 1. The zero-order valence-electron chi connectivity index (χ0n) is 18.9. The molecule has 0 radical (unpaired) electrons. The highest BCUT2D eigenvalue weighted by molar-refractivity contribution is 5.94. The van der Waals surface area contributed by atoms with Gasteiger partial charge in [0.05, 0.1) is 17.9 Å². The van der Waals surface area contributed by atoms with Crippen molar-refractivity contribution in [2.45, 2.75) is 44.2 Å². The van der Waals surface area contributed by atoms with Gasteiger partial charge in [0.2, 0.25) is 0 Å². The lowest BCUT2D eigenvalue weighted by atomic mass is 10.0. The first-order valence-electron chi connectivity index (χ1n) is 11.5. The first-order chi connectivity index (χ1) is 15.7. The van der Waals surface area contributed by atoms with Crippen molar-refractivity contribution in [1.82, 2.24) is 19.8 Å². The van der Waals surface area contributed by atoms with Crippen molar-refractivity contribution in [2.24, 2.45) is 4.99 Å². The number of aliphatic imine (C=N–C) groups is 1. The van der Waals surface area contributed by atoms with Gasteiger partial charge in [-0.05, 0) is 82.4 Å². The first-order valence-corrected chi connectivity index (χ1v) is 11.5. The SMILES string of the molecule is CN1CCC[C@H]1C1=NC=C(C#CC#Cc2ccc(-c3cnc([C@@H]4CCCN4C)[nH]3)cc2)C1. The smallest absolute Gasteiger partial charge is 0.123 e. The summed E-state index contributed by atoms with van der Waals surface area (Å²) in [5.41, 5.74) is 5.45. The molecule has 32 heavy (non-hydrogen) atoms. The van der Waals surface area contributed by atoms with Crippen LogP contribution in [0.3, 0.4) is 0 Å². The van der Waals surface area contributed by atoms with Crippen LogP contribution >= 0.6 is 0 Å². The third-order valence-corrected chi connectivity index (χ3v) is 6.78. The van der Waals surface area contributed by atoms with Gasteiger partial charge in [-0.25, -0.2) is 4.98 Å². The van der Waals surface area contributed by atoms with E-state index in [1.165, 1.54) is 31.4 Å². The van der Waals surface area contributed by atoms with E-state index in [9.17, 15) is 0 Å². The minimum absolute atomic E-state index is 0.406. The number of hydrogen-bond acceptors (Lipinski definition) is 4. The van der Waals surface area contributed by atoms with E-state index in [-0.39, 0.29) is 0 Å². The average Bonchev–Trinajstić information content (AvgIpc) is 3.59. The van der Waals surface area contributed by atoms with Crippen LogP contribution in [-0.4, -0.2) is 58.7 Å². The molecular weight excluding hydrogens is 394 g/mol. The quantitative estimate of drug-likeness (QED) is 0.759. The van der Waals surface area contributed by atoms with Crippen molar-refractivity contribution in [1.29, 1.82) is 0 Å². The number of nitrogens with zero attached hydrogens (tertiary/aromatic N) is 4. The molecule has 0 saturated carbocycles. The molecule has 1 aromatic heterocycles. The van der Waals surface area contributed by atoms with E-state index in [2.05, 4.69) is 74.7 Å². The molecule has 5 rings (SSSR count). The fourth-order valence-corrected chi connectivity index (χ4v) is 4.92. The highest BCUT2D eigenvalue weighted by Crippen LogP contribution is 2.30. The Hall–Kier alpha value is -3.12. The standard InChI is InChI=1S/C27H29N5/c1-31-15-5-9-25(31)23-17-21(18-28-23)8-4-3-7-20-11-13-22(14-12-20)24-19-29-27(30-24)26-10-6-16-32(26)2/h11-14,18-19,25-26H,5-6,9-10,15-17H2,1-2H3,(H,29,30)/t25-,26-/m0/s1. The van der Waals surface area contributed by atoms with Gasteiger partial charge in [0.1, 0.15) is 5.82 Å². The van der Waals surface area contributed by atoms with E-state index in [1.54, 1.807) is 0 Å². The van der Waals surface area contributed by atoms with Crippen LogP contribution in [0.4, 0.5) is 0 Å². The first kappa shape index (κ1) is 20.8. The normalized spacial score (nSPS) is 23.3. The number of rotatable bonds is 3. The second-order valence-electron chi connectivity index (χ2n) is 8.99. The Labute approximate surface area is 190 Å². The van der Waals surface area contributed by atoms with Crippen LogP contribution in [0.15, 0.2) is 47.2 Å². The lowest BCUT2D eigenvalue weighted by molar-refractivity contribution is 0.307. The topological polar surface area (TPSA) is 47.5 Å². The van der Waals surface area contributed by atoms with Crippen molar-refractivity contribution < 1.29 is 0 Å². The van der Waals surface area contributed by atoms with Crippen LogP contribution in [0.5, 0.6) is 0 Å².